The van der Waals surface area contributed by atoms with E-state index < -0.39 is 0 Å². The zero-order chi connectivity index (χ0) is 14.5. The van der Waals surface area contributed by atoms with Crippen molar-refractivity contribution < 1.29 is 4.39 Å². The molecule has 0 spiro atoms. The van der Waals surface area contributed by atoms with Gasteiger partial charge in [0.2, 0.25) is 0 Å². The van der Waals surface area contributed by atoms with Crippen molar-refractivity contribution in [3.63, 3.8) is 0 Å². The lowest BCUT2D eigenvalue weighted by Crippen LogP contribution is -2.22. The van der Waals surface area contributed by atoms with E-state index in [2.05, 4.69) is 30.6 Å². The summed E-state index contributed by atoms with van der Waals surface area (Å²) in [4.78, 5) is 1.94. The molecular weight excluding hydrogens is 271 g/mol. The molecule has 0 aliphatic rings. The third-order valence-corrected chi connectivity index (χ3v) is 3.87. The lowest BCUT2D eigenvalue weighted by molar-refractivity contribution is 0.580. The maximum Gasteiger partial charge on any atom is 0.146 e. The van der Waals surface area contributed by atoms with E-state index >= 15 is 0 Å². The van der Waals surface area contributed by atoms with Crippen LogP contribution in [0.3, 0.4) is 0 Å². The summed E-state index contributed by atoms with van der Waals surface area (Å²) in [5.41, 5.74) is 2.83. The molecule has 2 rings (SSSR count). The average molecular weight is 292 g/mol. The molecule has 0 radical (unpaired) electrons. The maximum absolute atomic E-state index is 14.2. The predicted molar refractivity (Wildman–Crippen MR) is 84.8 cm³/mol. The van der Waals surface area contributed by atoms with E-state index in [0.29, 0.717) is 18.3 Å². The van der Waals surface area contributed by atoms with Crippen LogP contribution < -0.4 is 10.2 Å². The molecule has 0 atom stereocenters. The van der Waals surface area contributed by atoms with Gasteiger partial charge in [-0.05, 0) is 40.1 Å². The summed E-state index contributed by atoms with van der Waals surface area (Å²) in [5.74, 6) is -0.161. The number of hydrogen-bond donors (Lipinski definition) is 1. The quantitative estimate of drug-likeness (QED) is 0.865. The first-order valence-corrected chi connectivity index (χ1v) is 7.74. The third kappa shape index (κ3) is 4.05. The van der Waals surface area contributed by atoms with Crippen LogP contribution in [0.15, 0.2) is 35.0 Å². The van der Waals surface area contributed by atoms with E-state index in [9.17, 15) is 4.39 Å². The Hall–Kier alpha value is -1.39. The second kappa shape index (κ2) is 6.86. The number of halogens is 1. The molecular formula is C16H21FN2S. The Morgan fingerprint density at radius 2 is 2.05 bits per heavy atom. The minimum atomic E-state index is -0.161. The number of nitrogens with zero attached hydrogens (tertiary/aromatic N) is 1. The summed E-state index contributed by atoms with van der Waals surface area (Å²) in [7, 11) is 1.92. The lowest BCUT2D eigenvalue weighted by atomic mass is 10.1. The number of rotatable bonds is 6. The average Bonchev–Trinajstić information content (AvgIpc) is 2.89. The smallest absolute Gasteiger partial charge is 0.146 e. The first-order chi connectivity index (χ1) is 9.56. The van der Waals surface area contributed by atoms with Gasteiger partial charge in [-0.3, -0.25) is 0 Å². The fourth-order valence-electron chi connectivity index (χ4n) is 2.03. The van der Waals surface area contributed by atoms with Gasteiger partial charge in [0.25, 0.3) is 0 Å². The van der Waals surface area contributed by atoms with Crippen LogP contribution in [-0.4, -0.2) is 13.1 Å². The van der Waals surface area contributed by atoms with Crippen LogP contribution in [0.5, 0.6) is 0 Å². The van der Waals surface area contributed by atoms with Gasteiger partial charge in [-0.1, -0.05) is 19.9 Å². The molecule has 2 nitrogen and oxygen atoms in total. The van der Waals surface area contributed by atoms with Gasteiger partial charge in [-0.25, -0.2) is 4.39 Å². The van der Waals surface area contributed by atoms with Gasteiger partial charge in [-0.2, -0.15) is 11.3 Å². The molecule has 108 valence electrons. The van der Waals surface area contributed by atoms with Gasteiger partial charge in [0.15, 0.2) is 0 Å². The van der Waals surface area contributed by atoms with Crippen molar-refractivity contribution in [2.75, 3.05) is 11.9 Å². The highest BCUT2D eigenvalue weighted by atomic mass is 32.1. The van der Waals surface area contributed by atoms with Crippen LogP contribution in [0, 0.1) is 5.82 Å². The van der Waals surface area contributed by atoms with E-state index in [0.717, 1.165) is 12.1 Å². The summed E-state index contributed by atoms with van der Waals surface area (Å²) in [6.07, 6.45) is 0. The van der Waals surface area contributed by atoms with E-state index in [1.807, 2.05) is 29.5 Å². The molecule has 0 saturated carbocycles. The van der Waals surface area contributed by atoms with Gasteiger partial charge in [0.05, 0.1) is 5.69 Å². The van der Waals surface area contributed by atoms with E-state index in [1.165, 1.54) is 5.56 Å². The fourth-order valence-corrected chi connectivity index (χ4v) is 2.69. The van der Waals surface area contributed by atoms with Crippen molar-refractivity contribution in [2.45, 2.75) is 33.0 Å². The number of hydrogen-bond acceptors (Lipinski definition) is 3. The summed E-state index contributed by atoms with van der Waals surface area (Å²) in [6.45, 7) is 5.59. The van der Waals surface area contributed by atoms with Crippen LogP contribution in [0.25, 0.3) is 0 Å². The standard InChI is InChI=1S/C16H21FN2S/c1-12(2)18-9-13-4-5-16(15(17)8-13)19(3)10-14-6-7-20-11-14/h4-8,11-12,18H,9-10H2,1-3H3. The largest absolute Gasteiger partial charge is 0.368 e. The van der Waals surface area contributed by atoms with Crippen molar-refractivity contribution in [3.05, 3.63) is 52.0 Å². The molecule has 0 saturated heterocycles. The minimum absolute atomic E-state index is 0.161. The highest BCUT2D eigenvalue weighted by Gasteiger charge is 2.09. The molecule has 4 heteroatoms. The Morgan fingerprint density at radius 1 is 1.25 bits per heavy atom. The zero-order valence-corrected chi connectivity index (χ0v) is 13.0. The number of anilines is 1. The maximum atomic E-state index is 14.2. The Balaban J connectivity index is 2.05. The molecule has 2 aromatic rings. The second-order valence-corrected chi connectivity index (χ2v) is 6.09. The molecule has 0 aliphatic carbocycles. The van der Waals surface area contributed by atoms with E-state index in [1.54, 1.807) is 17.4 Å². The van der Waals surface area contributed by atoms with Crippen LogP contribution >= 0.6 is 11.3 Å². The Bertz CT molecular complexity index is 537. The van der Waals surface area contributed by atoms with Gasteiger partial charge in [0, 0.05) is 26.2 Å². The molecule has 0 bridgehead atoms. The van der Waals surface area contributed by atoms with Gasteiger partial charge in [0.1, 0.15) is 5.82 Å². The van der Waals surface area contributed by atoms with Crippen molar-refractivity contribution >= 4 is 17.0 Å². The minimum Gasteiger partial charge on any atom is -0.368 e. The number of thiophene rings is 1. The molecule has 1 heterocycles. The summed E-state index contributed by atoms with van der Waals surface area (Å²) in [5, 5.41) is 7.43. The highest BCUT2D eigenvalue weighted by Crippen LogP contribution is 2.22. The summed E-state index contributed by atoms with van der Waals surface area (Å²) >= 11 is 1.66. The molecule has 0 unspecified atom stereocenters. The molecule has 1 aromatic carbocycles. The predicted octanol–water partition coefficient (Wildman–Crippen LogP) is 4.02. The summed E-state index contributed by atoms with van der Waals surface area (Å²) in [6, 6.07) is 7.94. The molecule has 1 aromatic heterocycles. The van der Waals surface area contributed by atoms with E-state index in [-0.39, 0.29) is 5.82 Å². The second-order valence-electron chi connectivity index (χ2n) is 5.31. The Kier molecular flexibility index (Phi) is 5.15. The third-order valence-electron chi connectivity index (χ3n) is 3.14. The molecule has 0 fully saturated rings. The topological polar surface area (TPSA) is 15.3 Å². The van der Waals surface area contributed by atoms with Crippen molar-refractivity contribution in [1.29, 1.82) is 0 Å². The van der Waals surface area contributed by atoms with Crippen molar-refractivity contribution in [2.24, 2.45) is 0 Å². The zero-order valence-electron chi connectivity index (χ0n) is 12.2. The lowest BCUT2D eigenvalue weighted by Gasteiger charge is -2.20. The van der Waals surface area contributed by atoms with E-state index in [4.69, 9.17) is 0 Å². The normalized spacial score (nSPS) is 11.1. The molecule has 0 amide bonds. The van der Waals surface area contributed by atoms with Crippen LogP contribution in [-0.2, 0) is 13.1 Å². The SMILES string of the molecule is CC(C)NCc1ccc(N(C)Cc2ccsc2)c(F)c1. The molecule has 0 aliphatic heterocycles. The summed E-state index contributed by atoms with van der Waals surface area (Å²) < 4.78 is 14.2. The first-order valence-electron chi connectivity index (χ1n) is 6.80. The fraction of sp³-hybridized carbons (Fsp3) is 0.375. The molecule has 1 N–H and O–H groups in total. The van der Waals surface area contributed by atoms with Gasteiger partial charge in [-0.15, -0.1) is 0 Å². The van der Waals surface area contributed by atoms with Crippen LogP contribution in [0.4, 0.5) is 10.1 Å². The van der Waals surface area contributed by atoms with Crippen LogP contribution in [0.2, 0.25) is 0 Å². The highest BCUT2D eigenvalue weighted by molar-refractivity contribution is 7.07. The monoisotopic (exact) mass is 292 g/mol. The van der Waals surface area contributed by atoms with Crippen molar-refractivity contribution in [3.8, 4) is 0 Å². The molecule has 20 heavy (non-hydrogen) atoms. The number of benzene rings is 1. The Morgan fingerprint density at radius 3 is 2.65 bits per heavy atom. The van der Waals surface area contributed by atoms with Gasteiger partial charge < -0.3 is 10.2 Å². The van der Waals surface area contributed by atoms with Gasteiger partial charge >= 0.3 is 0 Å². The Labute approximate surface area is 124 Å². The van der Waals surface area contributed by atoms with Crippen LogP contribution in [0.1, 0.15) is 25.0 Å². The first kappa shape index (κ1) is 15.0. The number of nitrogens with one attached hydrogen (secondary N) is 1. The van der Waals surface area contributed by atoms with Crippen molar-refractivity contribution in [1.82, 2.24) is 5.32 Å².